The van der Waals surface area contributed by atoms with Crippen molar-refractivity contribution in [2.24, 2.45) is 0 Å². The van der Waals surface area contributed by atoms with E-state index in [0.29, 0.717) is 43.1 Å². The van der Waals surface area contributed by atoms with Gasteiger partial charge < -0.3 is 15.0 Å². The Morgan fingerprint density at radius 3 is 2.46 bits per heavy atom. The first kappa shape index (κ1) is 29.0. The molecule has 1 N–H and O–H groups in total. The van der Waals surface area contributed by atoms with Gasteiger partial charge in [-0.1, -0.05) is 74.0 Å². The average Bonchev–Trinajstić information content (AvgIpc) is 3.47. The third kappa shape index (κ3) is 7.33. The van der Waals surface area contributed by atoms with Crippen molar-refractivity contribution in [1.82, 2.24) is 25.1 Å². The summed E-state index contributed by atoms with van der Waals surface area (Å²) in [5.74, 6) is 0.129. The number of aromatic nitrogens is 4. The second-order valence-corrected chi connectivity index (χ2v) is 9.35. The van der Waals surface area contributed by atoms with Crippen molar-refractivity contribution in [2.75, 3.05) is 18.5 Å². The normalized spacial score (nSPS) is 10.6. The largest absolute Gasteiger partial charge is 0.462 e. The number of tetrazole rings is 1. The first-order chi connectivity index (χ1) is 20.0. The van der Waals surface area contributed by atoms with Gasteiger partial charge in [-0.05, 0) is 52.6 Å². The van der Waals surface area contributed by atoms with Crippen LogP contribution in [0.5, 0.6) is 0 Å². The molecule has 210 valence electrons. The van der Waals surface area contributed by atoms with E-state index in [-0.39, 0.29) is 12.6 Å². The smallest absolute Gasteiger partial charge is 0.340 e. The Morgan fingerprint density at radius 2 is 1.73 bits per heavy atom. The Balaban J connectivity index is 1.53. The molecule has 41 heavy (non-hydrogen) atoms. The average molecular weight is 552 g/mol. The lowest BCUT2D eigenvalue weighted by Crippen LogP contribution is -2.35. The van der Waals surface area contributed by atoms with Crippen molar-refractivity contribution >= 4 is 17.7 Å². The number of esters is 1. The predicted molar refractivity (Wildman–Crippen MR) is 156 cm³/mol. The van der Waals surface area contributed by atoms with Crippen LogP contribution in [0, 0.1) is 11.3 Å². The summed E-state index contributed by atoms with van der Waals surface area (Å²) in [5, 5.41) is 23.9. The molecule has 3 aromatic carbocycles. The molecule has 0 atom stereocenters. The summed E-state index contributed by atoms with van der Waals surface area (Å²) in [4.78, 5) is 27.5. The van der Waals surface area contributed by atoms with Crippen LogP contribution in [0.2, 0.25) is 0 Å². The minimum absolute atomic E-state index is 0.252. The molecule has 0 bridgehead atoms. The van der Waals surface area contributed by atoms with E-state index >= 15 is 0 Å². The second-order valence-electron chi connectivity index (χ2n) is 9.35. The topological polar surface area (TPSA) is 126 Å². The summed E-state index contributed by atoms with van der Waals surface area (Å²) in [5.41, 5.74) is 4.51. The summed E-state index contributed by atoms with van der Waals surface area (Å²) >= 11 is 0. The number of aryl methyl sites for hydroxylation is 1. The highest BCUT2D eigenvalue weighted by Crippen LogP contribution is 2.31. The van der Waals surface area contributed by atoms with Gasteiger partial charge >= 0.3 is 12.0 Å². The maximum absolute atomic E-state index is 13.3. The molecular formula is C31H33N7O3. The lowest BCUT2D eigenvalue weighted by atomic mass is 9.98. The monoisotopic (exact) mass is 551 g/mol. The number of hydrogen-bond donors (Lipinski definition) is 1. The van der Waals surface area contributed by atoms with Gasteiger partial charge in [-0.25, -0.2) is 14.3 Å². The van der Waals surface area contributed by atoms with Crippen LogP contribution in [-0.2, 0) is 17.8 Å². The fourth-order valence-corrected chi connectivity index (χ4v) is 4.42. The third-order valence-electron chi connectivity index (χ3n) is 6.51. The van der Waals surface area contributed by atoms with E-state index in [2.05, 4.69) is 33.8 Å². The molecule has 0 aliphatic heterocycles. The molecule has 0 radical (unpaired) electrons. The lowest BCUT2D eigenvalue weighted by Gasteiger charge is -2.24. The number of nitrogens with zero attached hydrogens (tertiary/aromatic N) is 6. The fourth-order valence-electron chi connectivity index (χ4n) is 4.42. The number of unbranched alkanes of at least 4 members (excludes halogenated alkanes) is 1. The number of nitriles is 1. The van der Waals surface area contributed by atoms with Crippen LogP contribution in [-0.4, -0.2) is 50.3 Å². The maximum atomic E-state index is 13.3. The third-order valence-corrected chi connectivity index (χ3v) is 6.51. The standard InChI is InChI=1S/C31H33N7O3/c1-3-5-20-37(31(40)33-28-14-9-8-13-27(28)30(39)41-4-2)22-23-15-17-24(18-16-23)25-11-6-7-12-26(25)29-34-35-36-38(29)21-10-19-32/h6-9,11-18H,3-5,10,20-22H2,1-2H3,(H,33,40). The van der Waals surface area contributed by atoms with E-state index in [9.17, 15) is 9.59 Å². The molecular weight excluding hydrogens is 518 g/mol. The molecule has 10 heteroatoms. The van der Waals surface area contributed by atoms with E-state index in [0.717, 1.165) is 35.1 Å². The van der Waals surface area contributed by atoms with Crippen molar-refractivity contribution in [1.29, 1.82) is 5.26 Å². The number of para-hydroxylation sites is 1. The van der Waals surface area contributed by atoms with Gasteiger partial charge in [0.15, 0.2) is 5.82 Å². The molecule has 0 saturated heterocycles. The first-order valence-electron chi connectivity index (χ1n) is 13.7. The van der Waals surface area contributed by atoms with Crippen molar-refractivity contribution < 1.29 is 14.3 Å². The molecule has 0 aliphatic rings. The number of benzene rings is 3. The minimum Gasteiger partial charge on any atom is -0.462 e. The molecule has 4 rings (SSSR count). The summed E-state index contributed by atoms with van der Waals surface area (Å²) in [6.07, 6.45) is 2.09. The first-order valence-corrected chi connectivity index (χ1v) is 13.7. The van der Waals surface area contributed by atoms with E-state index in [4.69, 9.17) is 10.00 Å². The molecule has 0 saturated carbocycles. The Morgan fingerprint density at radius 1 is 1.00 bits per heavy atom. The number of carbonyl (C=O) groups is 2. The molecule has 0 fully saturated rings. The number of ether oxygens (including phenoxy) is 1. The number of rotatable bonds is 12. The van der Waals surface area contributed by atoms with E-state index < -0.39 is 5.97 Å². The van der Waals surface area contributed by atoms with Crippen LogP contribution >= 0.6 is 0 Å². The van der Waals surface area contributed by atoms with Crippen LogP contribution in [0.15, 0.2) is 72.8 Å². The zero-order valence-electron chi connectivity index (χ0n) is 23.3. The highest BCUT2D eigenvalue weighted by Gasteiger charge is 2.19. The molecule has 0 unspecified atom stereocenters. The SMILES string of the molecule is CCCCN(Cc1ccc(-c2ccccc2-c2nnnn2CCC#N)cc1)C(=O)Nc1ccccc1C(=O)OCC. The molecule has 2 amide bonds. The number of amides is 2. The molecule has 4 aromatic rings. The number of nitrogens with one attached hydrogen (secondary N) is 1. The zero-order valence-corrected chi connectivity index (χ0v) is 23.3. The van der Waals surface area contributed by atoms with Crippen molar-refractivity contribution in [3.05, 3.63) is 83.9 Å². The predicted octanol–water partition coefficient (Wildman–Crippen LogP) is 5.93. The number of anilines is 1. The van der Waals surface area contributed by atoms with Gasteiger partial charge in [0.1, 0.15) is 0 Å². The highest BCUT2D eigenvalue weighted by molar-refractivity contribution is 6.00. The van der Waals surface area contributed by atoms with Crippen LogP contribution in [0.3, 0.4) is 0 Å². The summed E-state index contributed by atoms with van der Waals surface area (Å²) in [6.45, 7) is 5.46. The van der Waals surface area contributed by atoms with E-state index in [1.54, 1.807) is 40.8 Å². The molecule has 0 spiro atoms. The summed E-state index contributed by atoms with van der Waals surface area (Å²) in [7, 11) is 0. The molecule has 1 aromatic heterocycles. The van der Waals surface area contributed by atoms with Crippen molar-refractivity contribution in [2.45, 2.75) is 46.2 Å². The Labute approximate surface area is 239 Å². The van der Waals surface area contributed by atoms with Gasteiger partial charge in [-0.2, -0.15) is 5.26 Å². The Bertz CT molecular complexity index is 1510. The van der Waals surface area contributed by atoms with Gasteiger partial charge in [0.25, 0.3) is 0 Å². The van der Waals surface area contributed by atoms with E-state index in [1.807, 2.05) is 48.5 Å². The van der Waals surface area contributed by atoms with Crippen LogP contribution in [0.1, 0.15) is 49.0 Å². The zero-order chi connectivity index (χ0) is 29.0. The fraction of sp³-hybridized carbons (Fsp3) is 0.290. The minimum atomic E-state index is -0.474. The number of carbonyl (C=O) groups excluding carboxylic acids is 2. The second kappa shape index (κ2) is 14.4. The van der Waals surface area contributed by atoms with Crippen molar-refractivity contribution in [3.63, 3.8) is 0 Å². The van der Waals surface area contributed by atoms with Crippen molar-refractivity contribution in [3.8, 4) is 28.6 Å². The molecule has 0 aliphatic carbocycles. The van der Waals surface area contributed by atoms with Gasteiger partial charge in [0.05, 0.1) is 36.9 Å². The number of urea groups is 1. The summed E-state index contributed by atoms with van der Waals surface area (Å²) < 4.78 is 6.79. The van der Waals surface area contributed by atoms with Gasteiger partial charge in [0.2, 0.25) is 0 Å². The summed E-state index contributed by atoms with van der Waals surface area (Å²) in [6, 6.07) is 24.6. The van der Waals surface area contributed by atoms with Gasteiger partial charge in [0, 0.05) is 18.7 Å². The van der Waals surface area contributed by atoms with Gasteiger partial charge in [-0.3, -0.25) is 0 Å². The molecule has 10 nitrogen and oxygen atoms in total. The quantitative estimate of drug-likeness (QED) is 0.216. The lowest BCUT2D eigenvalue weighted by molar-refractivity contribution is 0.0527. The van der Waals surface area contributed by atoms with Crippen LogP contribution in [0.25, 0.3) is 22.5 Å². The Hall–Kier alpha value is -5.04. The maximum Gasteiger partial charge on any atom is 0.340 e. The van der Waals surface area contributed by atoms with Crippen LogP contribution in [0.4, 0.5) is 10.5 Å². The van der Waals surface area contributed by atoms with Crippen LogP contribution < -0.4 is 5.32 Å². The highest BCUT2D eigenvalue weighted by atomic mass is 16.5. The Kier molecular flexibility index (Phi) is 10.2. The molecule has 1 heterocycles. The van der Waals surface area contributed by atoms with E-state index in [1.165, 1.54) is 0 Å². The van der Waals surface area contributed by atoms with Gasteiger partial charge in [-0.15, -0.1) is 5.10 Å². The number of hydrogen-bond acceptors (Lipinski definition) is 7.